The second-order valence-corrected chi connectivity index (χ2v) is 15.0. The summed E-state index contributed by atoms with van der Waals surface area (Å²) in [6, 6.07) is 66.8. The first-order valence-electron chi connectivity index (χ1n) is 19.6. The van der Waals surface area contributed by atoms with Gasteiger partial charge in [0, 0.05) is 29.6 Å². The first-order valence-corrected chi connectivity index (χ1v) is 19.6. The van der Waals surface area contributed by atoms with E-state index in [2.05, 4.69) is 189 Å². The van der Waals surface area contributed by atoms with Crippen LogP contribution < -0.4 is 9.64 Å². The molecule has 0 bridgehead atoms. The van der Waals surface area contributed by atoms with Crippen molar-refractivity contribution >= 4 is 27.8 Å². The van der Waals surface area contributed by atoms with Gasteiger partial charge >= 0.3 is 21.1 Å². The standard InChI is InChI=1S/C54H39N3O.Pt/c1-36-30-37(2)52(38(3)31-36)40-32-41(53-46-21-8-7-16-39(46)27-29-56-53)34-45(33-40)58-44-20-15-17-42(35-44)54(51-26-13-14-28-55-51)47-22-9-11-24-49(47)57(43-18-5-4-6-19-43)50-25-12-10-23-48(50)54;/h4-33H,1-3H3;/q-2;+2. The molecular formula is C54H39N3OPt. The molecule has 9 aromatic rings. The molecule has 0 radical (unpaired) electrons. The van der Waals surface area contributed by atoms with Crippen LogP contribution in [0.2, 0.25) is 0 Å². The summed E-state index contributed by atoms with van der Waals surface area (Å²) < 4.78 is 6.93. The fourth-order valence-electron chi connectivity index (χ4n) is 9.07. The molecule has 10 rings (SSSR count). The molecule has 2 aromatic heterocycles. The van der Waals surface area contributed by atoms with Crippen molar-refractivity contribution < 1.29 is 25.8 Å². The number of anilines is 3. The Kier molecular flexibility index (Phi) is 10.0. The largest absolute Gasteiger partial charge is 2.00 e. The number of rotatable bonds is 7. The van der Waals surface area contributed by atoms with Gasteiger partial charge in [-0.25, -0.2) is 0 Å². The maximum absolute atomic E-state index is 6.93. The van der Waals surface area contributed by atoms with Gasteiger partial charge in [-0.15, -0.1) is 29.3 Å². The number of hydrogen-bond donors (Lipinski definition) is 0. The molecule has 1 aliphatic heterocycles. The zero-order chi connectivity index (χ0) is 39.2. The minimum atomic E-state index is -0.821. The number of ether oxygens (including phenoxy) is 1. The van der Waals surface area contributed by atoms with Crippen molar-refractivity contribution in [3.63, 3.8) is 0 Å². The molecule has 0 unspecified atom stereocenters. The molecule has 5 heteroatoms. The second-order valence-electron chi connectivity index (χ2n) is 15.0. The van der Waals surface area contributed by atoms with Gasteiger partial charge in [0.2, 0.25) is 0 Å². The van der Waals surface area contributed by atoms with Crippen LogP contribution in [0.25, 0.3) is 33.2 Å². The van der Waals surface area contributed by atoms with Crippen LogP contribution in [-0.2, 0) is 26.5 Å². The van der Waals surface area contributed by atoms with Crippen molar-refractivity contribution in [2.75, 3.05) is 4.90 Å². The van der Waals surface area contributed by atoms with Gasteiger partial charge in [0.15, 0.2) is 0 Å². The molecule has 0 saturated carbocycles. The Hall–Kier alpha value is -6.61. The third-order valence-electron chi connectivity index (χ3n) is 11.3. The van der Waals surface area contributed by atoms with Gasteiger partial charge in [-0.05, 0) is 108 Å². The summed E-state index contributed by atoms with van der Waals surface area (Å²) in [5.74, 6) is 1.16. The van der Waals surface area contributed by atoms with Crippen molar-refractivity contribution in [2.45, 2.75) is 26.2 Å². The number of aromatic nitrogens is 2. The van der Waals surface area contributed by atoms with Crippen LogP contribution in [0.15, 0.2) is 182 Å². The first kappa shape index (κ1) is 37.9. The van der Waals surface area contributed by atoms with Crippen LogP contribution in [0.4, 0.5) is 17.1 Å². The maximum Gasteiger partial charge on any atom is 2.00 e. The van der Waals surface area contributed by atoms with E-state index >= 15 is 0 Å². The minimum absolute atomic E-state index is 0. The van der Waals surface area contributed by atoms with Crippen LogP contribution in [-0.4, -0.2) is 9.97 Å². The summed E-state index contributed by atoms with van der Waals surface area (Å²) in [6.45, 7) is 6.50. The van der Waals surface area contributed by atoms with E-state index in [1.807, 2.05) is 30.6 Å². The summed E-state index contributed by atoms with van der Waals surface area (Å²) in [6.07, 6.45) is 3.75. The molecule has 7 aromatic carbocycles. The molecule has 1 aliphatic rings. The van der Waals surface area contributed by atoms with Gasteiger partial charge in [-0.1, -0.05) is 120 Å². The molecule has 0 saturated heterocycles. The Labute approximate surface area is 360 Å². The average Bonchev–Trinajstić information content (AvgIpc) is 3.25. The Morgan fingerprint density at radius 1 is 0.559 bits per heavy atom. The number of benzene rings is 7. The molecule has 286 valence electrons. The van der Waals surface area contributed by atoms with Crippen LogP contribution in [0.5, 0.6) is 11.5 Å². The van der Waals surface area contributed by atoms with E-state index in [4.69, 9.17) is 14.7 Å². The van der Waals surface area contributed by atoms with E-state index in [9.17, 15) is 0 Å². The molecule has 59 heavy (non-hydrogen) atoms. The third kappa shape index (κ3) is 6.55. The Bertz CT molecular complexity index is 2910. The van der Waals surface area contributed by atoms with Crippen LogP contribution in [0, 0.1) is 32.9 Å². The van der Waals surface area contributed by atoms with Crippen molar-refractivity contribution in [3.8, 4) is 33.9 Å². The maximum atomic E-state index is 6.93. The van der Waals surface area contributed by atoms with Gasteiger partial charge in [0.05, 0.1) is 22.5 Å². The van der Waals surface area contributed by atoms with Crippen molar-refractivity contribution in [1.29, 1.82) is 0 Å². The number of pyridine rings is 2. The predicted octanol–water partition coefficient (Wildman–Crippen LogP) is 13.4. The Balaban J connectivity index is 0.00000449. The molecule has 0 N–H and O–H groups in total. The summed E-state index contributed by atoms with van der Waals surface area (Å²) in [7, 11) is 0. The monoisotopic (exact) mass is 940 g/mol. The van der Waals surface area contributed by atoms with Crippen LogP contribution in [0.1, 0.15) is 39.1 Å². The van der Waals surface area contributed by atoms with Crippen molar-refractivity contribution in [3.05, 3.63) is 233 Å². The second kappa shape index (κ2) is 15.6. The fourth-order valence-corrected chi connectivity index (χ4v) is 9.07. The van der Waals surface area contributed by atoms with E-state index in [0.29, 0.717) is 11.5 Å². The molecular weight excluding hydrogens is 902 g/mol. The number of hydrogen-bond acceptors (Lipinski definition) is 4. The van der Waals surface area contributed by atoms with Gasteiger partial charge in [-0.3, -0.25) is 4.98 Å². The van der Waals surface area contributed by atoms with Gasteiger partial charge < -0.3 is 14.6 Å². The quantitative estimate of drug-likeness (QED) is 0.149. The molecule has 3 heterocycles. The van der Waals surface area contributed by atoms with Crippen molar-refractivity contribution in [2.24, 2.45) is 0 Å². The summed E-state index contributed by atoms with van der Waals surface area (Å²) >= 11 is 0. The predicted molar refractivity (Wildman–Crippen MR) is 235 cm³/mol. The Morgan fingerprint density at radius 3 is 1.97 bits per heavy atom. The van der Waals surface area contributed by atoms with E-state index < -0.39 is 5.41 Å². The van der Waals surface area contributed by atoms with Gasteiger partial charge in [-0.2, -0.15) is 12.1 Å². The van der Waals surface area contributed by atoms with E-state index in [-0.39, 0.29) is 21.1 Å². The van der Waals surface area contributed by atoms with E-state index in [1.165, 1.54) is 22.3 Å². The topological polar surface area (TPSA) is 38.2 Å². The van der Waals surface area contributed by atoms with Crippen molar-refractivity contribution in [1.82, 2.24) is 9.97 Å². The van der Waals surface area contributed by atoms with Crippen LogP contribution >= 0.6 is 0 Å². The summed E-state index contributed by atoms with van der Waals surface area (Å²) in [5.41, 5.74) is 14.1. The third-order valence-corrected chi connectivity index (χ3v) is 11.3. The normalized spacial score (nSPS) is 12.6. The fraction of sp³-hybridized carbons (Fsp3) is 0.0741. The zero-order valence-corrected chi connectivity index (χ0v) is 35.2. The molecule has 4 nitrogen and oxygen atoms in total. The molecule has 0 spiro atoms. The zero-order valence-electron chi connectivity index (χ0n) is 32.9. The van der Waals surface area contributed by atoms with Gasteiger partial charge in [0.25, 0.3) is 0 Å². The molecule has 0 atom stereocenters. The first-order chi connectivity index (χ1) is 28.5. The average molecular weight is 941 g/mol. The molecule has 0 aliphatic carbocycles. The summed E-state index contributed by atoms with van der Waals surface area (Å²) in [4.78, 5) is 12.4. The number of fused-ring (bicyclic) bond motifs is 3. The minimum Gasteiger partial charge on any atom is -0.503 e. The number of para-hydroxylation sites is 3. The van der Waals surface area contributed by atoms with E-state index in [1.54, 1.807) is 0 Å². The van der Waals surface area contributed by atoms with Gasteiger partial charge in [0.1, 0.15) is 0 Å². The van der Waals surface area contributed by atoms with E-state index in [0.717, 1.165) is 67.0 Å². The summed E-state index contributed by atoms with van der Waals surface area (Å²) in [5, 5.41) is 2.18. The smallest absolute Gasteiger partial charge is 0.503 e. The van der Waals surface area contributed by atoms with Crippen LogP contribution in [0.3, 0.4) is 0 Å². The number of aryl methyl sites for hydroxylation is 3. The molecule has 0 fully saturated rings. The molecule has 0 amide bonds. The Morgan fingerprint density at radius 2 is 1.24 bits per heavy atom. The number of nitrogens with zero attached hydrogens (tertiary/aromatic N) is 3. The SMILES string of the molecule is Cc1cc(C)c(-c2cc(Oc3[c-]c(C4(c5ccccn5)c5ccccc5N(c5ccccc5)c5ccccc54)ccc3)[c-]c(-c3nccc4ccccc34)c2)c(C)c1.[Pt+2].